The molecule has 2 aliphatic heterocycles. The number of amides is 1. The standard InChI is InChI=1S/C21H26N4O5S/c26-21(22-15-19(20-2-1-13-31-20)24-7-11-30-12-8-24)16-3-4-17(18(14-16)25(27)28)23-5-9-29-10-6-23/h1-4,13-14,19H,5-12,15H2,(H,22,26). The predicted molar refractivity (Wildman–Crippen MR) is 118 cm³/mol. The molecule has 3 heterocycles. The van der Waals surface area contributed by atoms with Gasteiger partial charge in [-0.15, -0.1) is 11.3 Å². The van der Waals surface area contributed by atoms with Crippen molar-refractivity contribution in [1.82, 2.24) is 10.2 Å². The van der Waals surface area contributed by atoms with Crippen molar-refractivity contribution in [2.75, 3.05) is 64.1 Å². The molecule has 166 valence electrons. The van der Waals surface area contributed by atoms with Crippen molar-refractivity contribution >= 4 is 28.6 Å². The second-order valence-corrected chi connectivity index (χ2v) is 8.43. The van der Waals surface area contributed by atoms with Crippen LogP contribution in [0.15, 0.2) is 35.7 Å². The maximum Gasteiger partial charge on any atom is 0.293 e. The molecule has 0 saturated carbocycles. The number of hydrogen-bond donors (Lipinski definition) is 1. The van der Waals surface area contributed by atoms with E-state index in [1.807, 2.05) is 16.3 Å². The fraction of sp³-hybridized carbons (Fsp3) is 0.476. The van der Waals surface area contributed by atoms with Gasteiger partial charge in [-0.25, -0.2) is 0 Å². The lowest BCUT2D eigenvalue weighted by atomic mass is 10.1. The SMILES string of the molecule is O=C(NCC(c1cccs1)N1CCOCC1)c1ccc(N2CCOCC2)c([N+](=O)[O-])c1. The Labute approximate surface area is 184 Å². The number of carbonyl (C=O) groups is 1. The molecular weight excluding hydrogens is 420 g/mol. The molecule has 0 radical (unpaired) electrons. The fourth-order valence-corrected chi connectivity index (χ4v) is 4.81. The minimum absolute atomic E-state index is 0.0514. The number of nitro groups is 1. The van der Waals surface area contributed by atoms with Crippen molar-refractivity contribution in [3.63, 3.8) is 0 Å². The monoisotopic (exact) mass is 446 g/mol. The van der Waals surface area contributed by atoms with E-state index >= 15 is 0 Å². The van der Waals surface area contributed by atoms with E-state index in [9.17, 15) is 14.9 Å². The maximum absolute atomic E-state index is 12.9. The van der Waals surface area contributed by atoms with Crippen LogP contribution in [-0.4, -0.2) is 74.9 Å². The van der Waals surface area contributed by atoms with E-state index in [2.05, 4.69) is 16.3 Å². The Morgan fingerprint density at radius 3 is 2.48 bits per heavy atom. The number of morpholine rings is 2. The molecule has 0 spiro atoms. The number of thiophene rings is 1. The number of nitro benzene ring substituents is 1. The molecule has 2 aliphatic rings. The summed E-state index contributed by atoms with van der Waals surface area (Å²) in [5, 5.41) is 16.7. The van der Waals surface area contributed by atoms with Gasteiger partial charge in [-0.05, 0) is 23.6 Å². The van der Waals surface area contributed by atoms with Crippen LogP contribution < -0.4 is 10.2 Å². The average molecular weight is 447 g/mol. The van der Waals surface area contributed by atoms with Crippen LogP contribution in [-0.2, 0) is 9.47 Å². The van der Waals surface area contributed by atoms with Gasteiger partial charge in [0, 0.05) is 49.2 Å². The molecule has 10 heteroatoms. The number of benzene rings is 1. The Hall–Kier alpha value is -2.53. The number of nitrogens with zero attached hydrogens (tertiary/aromatic N) is 3. The van der Waals surface area contributed by atoms with Crippen LogP contribution in [0, 0.1) is 10.1 Å². The summed E-state index contributed by atoms with van der Waals surface area (Å²) >= 11 is 1.66. The summed E-state index contributed by atoms with van der Waals surface area (Å²) in [6.45, 7) is 5.63. The van der Waals surface area contributed by atoms with Crippen LogP contribution in [0.4, 0.5) is 11.4 Å². The van der Waals surface area contributed by atoms with Gasteiger partial charge < -0.3 is 19.7 Å². The molecule has 31 heavy (non-hydrogen) atoms. The maximum atomic E-state index is 12.9. The van der Waals surface area contributed by atoms with E-state index < -0.39 is 4.92 Å². The van der Waals surface area contributed by atoms with Crippen LogP contribution >= 0.6 is 11.3 Å². The predicted octanol–water partition coefficient (Wildman–Crippen LogP) is 2.30. The molecule has 1 N–H and O–H groups in total. The number of rotatable bonds is 7. The van der Waals surface area contributed by atoms with Crippen molar-refractivity contribution in [3.8, 4) is 0 Å². The van der Waals surface area contributed by atoms with Crippen molar-refractivity contribution in [3.05, 3.63) is 56.3 Å². The summed E-state index contributed by atoms with van der Waals surface area (Å²) in [5.74, 6) is -0.313. The third-order valence-electron chi connectivity index (χ3n) is 5.60. The van der Waals surface area contributed by atoms with E-state index in [4.69, 9.17) is 9.47 Å². The molecule has 2 fully saturated rings. The Bertz CT molecular complexity index is 895. The zero-order valence-corrected chi connectivity index (χ0v) is 18.0. The molecule has 1 aromatic carbocycles. The van der Waals surface area contributed by atoms with Crippen LogP contribution in [0.1, 0.15) is 21.3 Å². The van der Waals surface area contributed by atoms with Crippen LogP contribution in [0.3, 0.4) is 0 Å². The zero-order chi connectivity index (χ0) is 21.6. The topological polar surface area (TPSA) is 97.2 Å². The first-order valence-corrected chi connectivity index (χ1v) is 11.3. The molecule has 2 aromatic rings. The van der Waals surface area contributed by atoms with Crippen LogP contribution in [0.5, 0.6) is 0 Å². The lowest BCUT2D eigenvalue weighted by Gasteiger charge is -2.34. The molecule has 1 amide bonds. The van der Waals surface area contributed by atoms with Gasteiger partial charge in [0.05, 0.1) is 37.4 Å². The van der Waals surface area contributed by atoms with Gasteiger partial charge in [0.1, 0.15) is 5.69 Å². The van der Waals surface area contributed by atoms with E-state index in [0.717, 1.165) is 13.1 Å². The van der Waals surface area contributed by atoms with Crippen molar-refractivity contribution in [1.29, 1.82) is 0 Å². The zero-order valence-electron chi connectivity index (χ0n) is 17.2. The smallest absolute Gasteiger partial charge is 0.293 e. The molecule has 2 saturated heterocycles. The first-order valence-electron chi connectivity index (χ1n) is 10.4. The van der Waals surface area contributed by atoms with Crippen molar-refractivity contribution in [2.24, 2.45) is 0 Å². The number of ether oxygens (including phenoxy) is 2. The highest BCUT2D eigenvalue weighted by Gasteiger charge is 2.26. The minimum Gasteiger partial charge on any atom is -0.379 e. The Morgan fingerprint density at radius 1 is 1.13 bits per heavy atom. The third kappa shape index (κ3) is 5.21. The van der Waals surface area contributed by atoms with Gasteiger partial charge in [-0.3, -0.25) is 19.8 Å². The molecule has 1 aromatic heterocycles. The summed E-state index contributed by atoms with van der Waals surface area (Å²) < 4.78 is 10.8. The molecule has 0 bridgehead atoms. The summed E-state index contributed by atoms with van der Waals surface area (Å²) in [4.78, 5) is 29.5. The van der Waals surface area contributed by atoms with Gasteiger partial charge in [-0.2, -0.15) is 0 Å². The minimum atomic E-state index is -0.427. The summed E-state index contributed by atoms with van der Waals surface area (Å²) in [6.07, 6.45) is 0. The largest absolute Gasteiger partial charge is 0.379 e. The normalized spacial score (nSPS) is 18.5. The molecule has 1 atom stereocenters. The van der Waals surface area contributed by atoms with Crippen LogP contribution in [0.25, 0.3) is 0 Å². The molecule has 4 rings (SSSR count). The van der Waals surface area contributed by atoms with Crippen molar-refractivity contribution < 1.29 is 19.2 Å². The fourth-order valence-electron chi connectivity index (χ4n) is 3.95. The second-order valence-electron chi connectivity index (χ2n) is 7.45. The highest BCUT2D eigenvalue weighted by atomic mass is 32.1. The van der Waals surface area contributed by atoms with Gasteiger partial charge in [0.2, 0.25) is 0 Å². The lowest BCUT2D eigenvalue weighted by molar-refractivity contribution is -0.384. The number of nitrogens with one attached hydrogen (secondary N) is 1. The summed E-state index contributed by atoms with van der Waals surface area (Å²) in [5.41, 5.74) is 0.753. The first-order chi connectivity index (χ1) is 15.1. The highest BCUT2D eigenvalue weighted by Crippen LogP contribution is 2.30. The number of anilines is 1. The van der Waals surface area contributed by atoms with E-state index in [0.29, 0.717) is 51.7 Å². The Balaban J connectivity index is 1.48. The summed E-state index contributed by atoms with van der Waals surface area (Å²) in [7, 11) is 0. The molecule has 0 aliphatic carbocycles. The van der Waals surface area contributed by atoms with Crippen LogP contribution in [0.2, 0.25) is 0 Å². The lowest BCUT2D eigenvalue weighted by Crippen LogP contribution is -2.43. The van der Waals surface area contributed by atoms with E-state index in [1.54, 1.807) is 23.5 Å². The van der Waals surface area contributed by atoms with E-state index in [1.165, 1.54) is 10.9 Å². The Morgan fingerprint density at radius 2 is 1.84 bits per heavy atom. The average Bonchev–Trinajstić information content (AvgIpc) is 3.34. The molecule has 9 nitrogen and oxygen atoms in total. The third-order valence-corrected chi connectivity index (χ3v) is 6.57. The van der Waals surface area contributed by atoms with Gasteiger partial charge in [0.15, 0.2) is 0 Å². The van der Waals surface area contributed by atoms with Gasteiger partial charge in [0.25, 0.3) is 11.6 Å². The van der Waals surface area contributed by atoms with Gasteiger partial charge in [-0.1, -0.05) is 6.07 Å². The summed E-state index contributed by atoms with van der Waals surface area (Å²) in [6, 6.07) is 8.81. The Kier molecular flexibility index (Phi) is 7.13. The number of carbonyl (C=O) groups excluding carboxylic acids is 1. The van der Waals surface area contributed by atoms with E-state index in [-0.39, 0.29) is 23.2 Å². The first kappa shape index (κ1) is 21.7. The highest BCUT2D eigenvalue weighted by molar-refractivity contribution is 7.10. The second kappa shape index (κ2) is 10.2. The van der Waals surface area contributed by atoms with Crippen molar-refractivity contribution in [2.45, 2.75) is 6.04 Å². The quantitative estimate of drug-likeness (QED) is 0.515. The molecule has 1 unspecified atom stereocenters. The van der Waals surface area contributed by atoms with Gasteiger partial charge >= 0.3 is 0 Å². The molecular formula is C21H26N4O5S. The number of hydrogen-bond acceptors (Lipinski definition) is 8.